The Morgan fingerprint density at radius 3 is 2.52 bits per heavy atom. The second kappa shape index (κ2) is 7.99. The quantitative estimate of drug-likeness (QED) is 0.457. The Kier molecular flexibility index (Phi) is 5.36. The lowest BCUT2D eigenvalue weighted by atomic mass is 9.95. The van der Waals surface area contributed by atoms with E-state index in [-0.39, 0.29) is 12.3 Å². The number of anilines is 1. The first-order chi connectivity index (χ1) is 14.8. The van der Waals surface area contributed by atoms with Crippen LogP contribution >= 0.6 is 0 Å². The number of nitrogens with one attached hydrogen (secondary N) is 1. The van der Waals surface area contributed by atoms with Crippen LogP contribution in [0.15, 0.2) is 65.3 Å². The van der Waals surface area contributed by atoms with E-state index in [1.54, 1.807) is 42.7 Å². The van der Waals surface area contributed by atoms with Gasteiger partial charge in [-0.2, -0.15) is 13.2 Å². The Bertz CT molecular complexity index is 1190. The number of aromatic nitrogens is 3. The molecule has 1 aromatic carbocycles. The Balaban J connectivity index is 1.64. The maximum atomic E-state index is 13.7. The van der Waals surface area contributed by atoms with Crippen LogP contribution in [-0.2, 0) is 5.60 Å². The first-order valence-corrected chi connectivity index (χ1v) is 9.55. The monoisotopic (exact) mass is 428 g/mol. The normalized spacial score (nSPS) is 13.8. The van der Waals surface area contributed by atoms with Crippen LogP contribution in [0.25, 0.3) is 22.3 Å². The maximum Gasteiger partial charge on any atom is 0.424 e. The van der Waals surface area contributed by atoms with Crippen molar-refractivity contribution in [1.82, 2.24) is 15.0 Å². The van der Waals surface area contributed by atoms with Crippen molar-refractivity contribution in [2.75, 3.05) is 11.9 Å². The van der Waals surface area contributed by atoms with E-state index < -0.39 is 24.0 Å². The van der Waals surface area contributed by atoms with Gasteiger partial charge in [-0.3, -0.25) is 4.98 Å². The highest BCUT2D eigenvalue weighted by Gasteiger charge is 2.56. The predicted octanol–water partition coefficient (Wildman–Crippen LogP) is 4.85. The molecule has 0 aliphatic rings. The van der Waals surface area contributed by atoms with Gasteiger partial charge in [-0.15, -0.1) is 0 Å². The molecule has 0 unspecified atom stereocenters. The zero-order valence-electron chi connectivity index (χ0n) is 16.5. The van der Waals surface area contributed by atoms with Crippen molar-refractivity contribution < 1.29 is 22.7 Å². The second-order valence-electron chi connectivity index (χ2n) is 7.10. The number of hydrogen-bond acceptors (Lipinski definition) is 6. The molecule has 3 heterocycles. The zero-order valence-corrected chi connectivity index (χ0v) is 16.5. The minimum atomic E-state index is -4.91. The lowest BCUT2D eigenvalue weighted by Crippen LogP contribution is -2.43. The molecule has 0 amide bonds. The van der Waals surface area contributed by atoms with Gasteiger partial charge in [0.2, 0.25) is 5.60 Å². The van der Waals surface area contributed by atoms with Gasteiger partial charge in [0, 0.05) is 36.3 Å². The molecule has 160 valence electrons. The predicted molar refractivity (Wildman–Crippen MR) is 109 cm³/mol. The largest absolute Gasteiger partial charge is 0.463 e. The highest BCUT2D eigenvalue weighted by atomic mass is 19.4. The van der Waals surface area contributed by atoms with Crippen molar-refractivity contribution in [2.45, 2.75) is 25.1 Å². The molecule has 6 nitrogen and oxygen atoms in total. The summed E-state index contributed by atoms with van der Waals surface area (Å²) in [4.78, 5) is 13.1. The third-order valence-electron chi connectivity index (χ3n) is 4.92. The Labute approximate surface area is 175 Å². The highest BCUT2D eigenvalue weighted by molar-refractivity contribution is 5.90. The molecule has 2 N–H and O–H groups in total. The molecule has 0 saturated heterocycles. The molecule has 0 aliphatic carbocycles. The van der Waals surface area contributed by atoms with Gasteiger partial charge in [0.1, 0.15) is 17.3 Å². The van der Waals surface area contributed by atoms with Gasteiger partial charge in [0.05, 0.1) is 5.52 Å². The number of furan rings is 1. The number of aliphatic hydroxyl groups is 1. The summed E-state index contributed by atoms with van der Waals surface area (Å²) in [5.74, 6) is 0.503. The number of alkyl halides is 3. The summed E-state index contributed by atoms with van der Waals surface area (Å²) in [6.07, 6.45) is -2.34. The SMILES string of the molecule is Cc1ccc([C@@](O)(CCNc2nc(-c3cccnc3)nc3ccccc23)C(F)(F)F)o1. The number of rotatable bonds is 6. The number of pyridine rings is 1. The van der Waals surface area contributed by atoms with Crippen LogP contribution in [0.1, 0.15) is 17.9 Å². The summed E-state index contributed by atoms with van der Waals surface area (Å²) < 4.78 is 46.2. The Morgan fingerprint density at radius 1 is 1.03 bits per heavy atom. The minimum absolute atomic E-state index is 0.205. The van der Waals surface area contributed by atoms with E-state index in [1.165, 1.54) is 13.0 Å². The van der Waals surface area contributed by atoms with Crippen molar-refractivity contribution in [1.29, 1.82) is 0 Å². The lowest BCUT2D eigenvalue weighted by Gasteiger charge is -2.28. The molecule has 0 aliphatic heterocycles. The average Bonchev–Trinajstić information content (AvgIpc) is 3.20. The molecule has 1 atom stereocenters. The number of benzene rings is 1. The van der Waals surface area contributed by atoms with Gasteiger partial charge >= 0.3 is 6.18 Å². The average molecular weight is 428 g/mol. The number of nitrogens with zero attached hydrogens (tertiary/aromatic N) is 3. The fourth-order valence-corrected chi connectivity index (χ4v) is 3.26. The first-order valence-electron chi connectivity index (χ1n) is 9.55. The van der Waals surface area contributed by atoms with Crippen molar-refractivity contribution >= 4 is 16.7 Å². The van der Waals surface area contributed by atoms with E-state index >= 15 is 0 Å². The summed E-state index contributed by atoms with van der Waals surface area (Å²) in [5, 5.41) is 14.0. The summed E-state index contributed by atoms with van der Waals surface area (Å²) in [7, 11) is 0. The van der Waals surface area contributed by atoms with E-state index in [0.717, 1.165) is 6.07 Å². The van der Waals surface area contributed by atoms with Gasteiger partial charge in [-0.05, 0) is 43.3 Å². The third-order valence-corrected chi connectivity index (χ3v) is 4.92. The topological polar surface area (TPSA) is 84.1 Å². The van der Waals surface area contributed by atoms with Gasteiger partial charge in [0.25, 0.3) is 0 Å². The molecule has 9 heteroatoms. The number of fused-ring (bicyclic) bond motifs is 1. The van der Waals surface area contributed by atoms with Crippen LogP contribution < -0.4 is 5.32 Å². The number of para-hydroxylation sites is 1. The molecule has 0 fully saturated rings. The minimum Gasteiger partial charge on any atom is -0.463 e. The summed E-state index contributed by atoms with van der Waals surface area (Å²) in [6.45, 7) is 1.31. The van der Waals surface area contributed by atoms with Crippen molar-refractivity contribution in [2.24, 2.45) is 0 Å². The van der Waals surface area contributed by atoms with Crippen LogP contribution in [0.4, 0.5) is 19.0 Å². The zero-order chi connectivity index (χ0) is 22.1. The van der Waals surface area contributed by atoms with Crippen molar-refractivity contribution in [3.63, 3.8) is 0 Å². The van der Waals surface area contributed by atoms with E-state index in [9.17, 15) is 18.3 Å². The van der Waals surface area contributed by atoms with Crippen LogP contribution in [0, 0.1) is 6.92 Å². The molecule has 3 aromatic heterocycles. The Morgan fingerprint density at radius 2 is 1.84 bits per heavy atom. The smallest absolute Gasteiger partial charge is 0.424 e. The van der Waals surface area contributed by atoms with E-state index in [2.05, 4.69) is 20.3 Å². The van der Waals surface area contributed by atoms with Gasteiger partial charge in [-0.1, -0.05) is 12.1 Å². The summed E-state index contributed by atoms with van der Waals surface area (Å²) in [5.41, 5.74) is -1.82. The lowest BCUT2D eigenvalue weighted by molar-refractivity contribution is -0.274. The fourth-order valence-electron chi connectivity index (χ4n) is 3.26. The van der Waals surface area contributed by atoms with Crippen LogP contribution in [-0.4, -0.2) is 32.8 Å². The molecule has 0 saturated carbocycles. The third kappa shape index (κ3) is 4.09. The molecule has 4 aromatic rings. The van der Waals surface area contributed by atoms with E-state index in [4.69, 9.17) is 4.42 Å². The van der Waals surface area contributed by atoms with Crippen LogP contribution in [0.3, 0.4) is 0 Å². The van der Waals surface area contributed by atoms with Crippen LogP contribution in [0.2, 0.25) is 0 Å². The Hall–Kier alpha value is -3.46. The standard InChI is InChI=1S/C22H19F3N4O2/c1-14-8-9-18(31-14)21(30,22(23,24)25)10-12-27-20-16-6-2-3-7-17(16)28-19(29-20)15-5-4-11-26-13-15/h2-9,11,13,30H,10,12H2,1H3,(H,27,28,29)/t21-/m0/s1. The molecule has 4 rings (SSSR count). The molecular formula is C22H19F3N4O2. The van der Waals surface area contributed by atoms with Gasteiger partial charge in [-0.25, -0.2) is 9.97 Å². The van der Waals surface area contributed by atoms with Gasteiger partial charge in [0.15, 0.2) is 5.82 Å². The highest BCUT2D eigenvalue weighted by Crippen LogP contribution is 2.42. The van der Waals surface area contributed by atoms with Gasteiger partial charge < -0.3 is 14.8 Å². The summed E-state index contributed by atoms with van der Waals surface area (Å²) in [6, 6.07) is 13.2. The molecular weight excluding hydrogens is 409 g/mol. The first kappa shape index (κ1) is 20.8. The van der Waals surface area contributed by atoms with Crippen LogP contribution in [0.5, 0.6) is 0 Å². The number of aryl methyl sites for hydroxylation is 1. The number of hydrogen-bond donors (Lipinski definition) is 2. The second-order valence-corrected chi connectivity index (χ2v) is 7.10. The molecule has 0 radical (unpaired) electrons. The van der Waals surface area contributed by atoms with Crippen molar-refractivity contribution in [3.8, 4) is 11.4 Å². The maximum absolute atomic E-state index is 13.7. The van der Waals surface area contributed by atoms with E-state index in [1.807, 2.05) is 6.07 Å². The molecule has 0 bridgehead atoms. The molecule has 0 spiro atoms. The summed E-state index contributed by atoms with van der Waals surface area (Å²) >= 11 is 0. The van der Waals surface area contributed by atoms with E-state index in [0.29, 0.717) is 28.1 Å². The molecule has 31 heavy (non-hydrogen) atoms. The fraction of sp³-hybridized carbons (Fsp3) is 0.227. The number of halogens is 3. The van der Waals surface area contributed by atoms with Crippen molar-refractivity contribution in [3.05, 3.63) is 72.4 Å².